The summed E-state index contributed by atoms with van der Waals surface area (Å²) in [7, 11) is 1.58. The van der Waals surface area contributed by atoms with Crippen molar-refractivity contribution in [2.24, 2.45) is 0 Å². The molecule has 0 bridgehead atoms. The second-order valence-electron chi connectivity index (χ2n) is 7.72. The fraction of sp³-hybridized carbons (Fsp3) is 0.148. The van der Waals surface area contributed by atoms with Gasteiger partial charge in [0.25, 0.3) is 5.56 Å². The Morgan fingerprint density at radius 3 is 2.45 bits per heavy atom. The number of ketones is 1. The number of methoxy groups -OCH3 is 1. The Morgan fingerprint density at radius 2 is 1.76 bits per heavy atom. The Bertz CT molecular complexity index is 1460. The van der Waals surface area contributed by atoms with Crippen LogP contribution in [0.4, 0.5) is 0 Å². The van der Waals surface area contributed by atoms with Gasteiger partial charge in [0.2, 0.25) is 5.88 Å². The topological polar surface area (TPSA) is 92.3 Å². The fourth-order valence-corrected chi connectivity index (χ4v) is 4.02. The number of benzene rings is 3. The zero-order valence-corrected chi connectivity index (χ0v) is 18.3. The number of fused-ring (bicyclic) bond motifs is 1. The van der Waals surface area contributed by atoms with Crippen LogP contribution >= 0.6 is 0 Å². The molecule has 33 heavy (non-hydrogen) atoms. The molecule has 4 aromatic rings. The number of aryl methyl sites for hydroxylation is 1. The quantitative estimate of drug-likeness (QED) is 0.451. The molecule has 164 valence electrons. The number of aromatic nitrogens is 1. The number of nitrogens with zero attached hydrogens (tertiary/aromatic N) is 2. The van der Waals surface area contributed by atoms with Gasteiger partial charge in [-0.05, 0) is 47.4 Å². The van der Waals surface area contributed by atoms with E-state index in [0.29, 0.717) is 17.7 Å². The standard InChI is InChI=1S/C27H22N2O4/c1-17-23(16-28)26(31)29(15-14-18-10-12-20(33-2)13-11-18)27(32)24(17)25(30)22-9-5-7-19-6-3-4-8-21(19)22/h3-13,32H,14-15H2,1-2H3. The molecular formula is C27H22N2O4. The zero-order chi connectivity index (χ0) is 23.5. The fourth-order valence-electron chi connectivity index (χ4n) is 4.02. The van der Waals surface area contributed by atoms with E-state index in [-0.39, 0.29) is 23.2 Å². The Labute approximate surface area is 190 Å². The highest BCUT2D eigenvalue weighted by molar-refractivity contribution is 6.18. The molecule has 4 rings (SSSR count). The second kappa shape index (κ2) is 9.01. The summed E-state index contributed by atoms with van der Waals surface area (Å²) in [5.41, 5.74) is 0.705. The molecule has 1 aromatic heterocycles. The normalized spacial score (nSPS) is 10.7. The molecule has 0 fully saturated rings. The van der Waals surface area contributed by atoms with Crippen LogP contribution in [0.25, 0.3) is 10.8 Å². The lowest BCUT2D eigenvalue weighted by atomic mass is 9.94. The average molecular weight is 438 g/mol. The van der Waals surface area contributed by atoms with Crippen LogP contribution in [-0.4, -0.2) is 22.6 Å². The number of carbonyl (C=O) groups is 1. The van der Waals surface area contributed by atoms with Gasteiger partial charge in [-0.1, -0.05) is 54.6 Å². The van der Waals surface area contributed by atoms with Crippen molar-refractivity contribution in [3.05, 3.63) is 105 Å². The number of pyridine rings is 1. The molecule has 0 saturated heterocycles. The van der Waals surface area contributed by atoms with Gasteiger partial charge in [-0.3, -0.25) is 14.2 Å². The Morgan fingerprint density at radius 1 is 1.06 bits per heavy atom. The lowest BCUT2D eigenvalue weighted by Crippen LogP contribution is -2.27. The van der Waals surface area contributed by atoms with Crippen molar-refractivity contribution in [3.8, 4) is 17.7 Å². The van der Waals surface area contributed by atoms with Crippen molar-refractivity contribution in [2.75, 3.05) is 7.11 Å². The van der Waals surface area contributed by atoms with Crippen molar-refractivity contribution in [3.63, 3.8) is 0 Å². The molecule has 0 radical (unpaired) electrons. The minimum absolute atomic E-state index is 0.0303. The van der Waals surface area contributed by atoms with Gasteiger partial charge in [0, 0.05) is 12.1 Å². The minimum Gasteiger partial charge on any atom is -0.497 e. The highest BCUT2D eigenvalue weighted by atomic mass is 16.5. The van der Waals surface area contributed by atoms with E-state index in [1.807, 2.05) is 60.7 Å². The van der Waals surface area contributed by atoms with Crippen LogP contribution in [0.15, 0.2) is 71.5 Å². The molecule has 0 aliphatic rings. The minimum atomic E-state index is -0.615. The number of aromatic hydroxyl groups is 1. The SMILES string of the molecule is COc1ccc(CCn2c(O)c(C(=O)c3cccc4ccccc34)c(C)c(C#N)c2=O)cc1. The smallest absolute Gasteiger partial charge is 0.271 e. The summed E-state index contributed by atoms with van der Waals surface area (Å²) in [6.45, 7) is 1.63. The first-order valence-electron chi connectivity index (χ1n) is 10.5. The van der Waals surface area contributed by atoms with E-state index in [4.69, 9.17) is 4.74 Å². The third-order valence-electron chi connectivity index (χ3n) is 5.84. The van der Waals surface area contributed by atoms with E-state index < -0.39 is 17.2 Å². The highest BCUT2D eigenvalue weighted by Crippen LogP contribution is 2.28. The van der Waals surface area contributed by atoms with Gasteiger partial charge in [-0.2, -0.15) is 5.26 Å². The van der Waals surface area contributed by atoms with E-state index in [1.54, 1.807) is 19.2 Å². The predicted molar refractivity (Wildman–Crippen MR) is 126 cm³/mol. The van der Waals surface area contributed by atoms with E-state index in [9.17, 15) is 20.0 Å². The van der Waals surface area contributed by atoms with Crippen LogP contribution < -0.4 is 10.3 Å². The Kier molecular flexibility index (Phi) is 5.97. The molecule has 6 nitrogen and oxygen atoms in total. The van der Waals surface area contributed by atoms with Crippen LogP contribution in [0.1, 0.15) is 32.6 Å². The molecule has 0 saturated carbocycles. The maximum Gasteiger partial charge on any atom is 0.271 e. The maximum atomic E-state index is 13.6. The molecular weight excluding hydrogens is 416 g/mol. The zero-order valence-electron chi connectivity index (χ0n) is 18.3. The lowest BCUT2D eigenvalue weighted by Gasteiger charge is -2.16. The Balaban J connectivity index is 1.80. The lowest BCUT2D eigenvalue weighted by molar-refractivity contribution is 0.103. The summed E-state index contributed by atoms with van der Waals surface area (Å²) in [4.78, 5) is 26.5. The van der Waals surface area contributed by atoms with E-state index in [1.165, 1.54) is 6.92 Å². The van der Waals surface area contributed by atoms with E-state index in [2.05, 4.69) is 0 Å². The molecule has 1 heterocycles. The van der Waals surface area contributed by atoms with Crippen molar-refractivity contribution >= 4 is 16.6 Å². The van der Waals surface area contributed by atoms with Gasteiger partial charge in [-0.25, -0.2) is 0 Å². The van der Waals surface area contributed by atoms with Gasteiger partial charge >= 0.3 is 0 Å². The molecule has 3 aromatic carbocycles. The van der Waals surface area contributed by atoms with Crippen LogP contribution in [-0.2, 0) is 13.0 Å². The van der Waals surface area contributed by atoms with Crippen molar-refractivity contribution < 1.29 is 14.6 Å². The van der Waals surface area contributed by atoms with E-state index in [0.717, 1.165) is 20.9 Å². The van der Waals surface area contributed by atoms with Gasteiger partial charge in [0.15, 0.2) is 5.78 Å². The van der Waals surface area contributed by atoms with Crippen molar-refractivity contribution in [1.29, 1.82) is 5.26 Å². The van der Waals surface area contributed by atoms with Crippen molar-refractivity contribution in [2.45, 2.75) is 19.9 Å². The van der Waals surface area contributed by atoms with Gasteiger partial charge < -0.3 is 9.84 Å². The maximum absolute atomic E-state index is 13.6. The molecule has 6 heteroatoms. The molecule has 0 amide bonds. The summed E-state index contributed by atoms with van der Waals surface area (Å²) < 4.78 is 6.26. The first-order chi connectivity index (χ1) is 16.0. The number of hydrogen-bond acceptors (Lipinski definition) is 5. The van der Waals surface area contributed by atoms with Crippen LogP contribution in [0.5, 0.6) is 11.6 Å². The number of carbonyl (C=O) groups excluding carboxylic acids is 1. The van der Waals surface area contributed by atoms with Crippen molar-refractivity contribution in [1.82, 2.24) is 4.57 Å². The Hall–Kier alpha value is -4.37. The summed E-state index contributed by atoms with van der Waals surface area (Å²) in [5, 5.41) is 22.3. The van der Waals surface area contributed by atoms with Gasteiger partial charge in [0.05, 0.1) is 12.7 Å². The number of hydrogen-bond donors (Lipinski definition) is 1. The summed E-state index contributed by atoms with van der Waals surface area (Å²) in [6, 6.07) is 22.1. The third kappa shape index (κ3) is 3.97. The molecule has 0 unspecified atom stereocenters. The average Bonchev–Trinajstić information content (AvgIpc) is 2.84. The second-order valence-corrected chi connectivity index (χ2v) is 7.72. The highest BCUT2D eigenvalue weighted by Gasteiger charge is 2.25. The van der Waals surface area contributed by atoms with Crippen LogP contribution in [0.3, 0.4) is 0 Å². The number of rotatable bonds is 6. The summed E-state index contributed by atoms with van der Waals surface area (Å²) in [6.07, 6.45) is 0.424. The summed E-state index contributed by atoms with van der Waals surface area (Å²) in [5.74, 6) is -0.150. The molecule has 0 aliphatic heterocycles. The third-order valence-corrected chi connectivity index (χ3v) is 5.84. The molecule has 0 spiro atoms. The van der Waals surface area contributed by atoms with Gasteiger partial charge in [0.1, 0.15) is 17.4 Å². The monoisotopic (exact) mass is 438 g/mol. The van der Waals surface area contributed by atoms with Crippen LogP contribution in [0, 0.1) is 18.3 Å². The number of ether oxygens (including phenoxy) is 1. The number of nitriles is 1. The predicted octanol–water partition coefficient (Wildman–Crippen LogP) is 4.37. The largest absolute Gasteiger partial charge is 0.497 e. The molecule has 0 aliphatic carbocycles. The van der Waals surface area contributed by atoms with E-state index >= 15 is 0 Å². The summed E-state index contributed by atoms with van der Waals surface area (Å²) >= 11 is 0. The first kappa shape index (κ1) is 21.8. The van der Waals surface area contributed by atoms with Gasteiger partial charge in [-0.15, -0.1) is 0 Å². The molecule has 0 atom stereocenters. The van der Waals surface area contributed by atoms with Crippen LogP contribution in [0.2, 0.25) is 0 Å². The molecule has 1 N–H and O–H groups in total. The first-order valence-corrected chi connectivity index (χ1v) is 10.5.